The first-order valence-electron chi connectivity index (χ1n) is 41.4. The monoisotopic (exact) mass is 1620 g/mol. The summed E-state index contributed by atoms with van der Waals surface area (Å²) in [6, 6.07) is 38.1. The third-order valence-electron chi connectivity index (χ3n) is 23.8. The Bertz CT molecular complexity index is 6800. The van der Waals surface area contributed by atoms with E-state index in [1.54, 1.807) is 47.4 Å². The fraction of sp³-hybridized carbons (Fsp3) is 0.348. The Morgan fingerprint density at radius 1 is 0.417 bits per heavy atom. The Balaban J connectivity index is 0.000000114. The highest BCUT2D eigenvalue weighted by molar-refractivity contribution is 6.11. The SMILES string of the molecule is CCNC(=O)c1cc2c(N3C[C@H](C)C[C@H](C)C3)cc(C)nc2n2c1nc1ccccc12.CN1CCCN(c2ccnc3c2cc(C#N)c2nc4cc(F)c(F)cc4n23)CC1.CNC(=O)c1cc2c(N3C[C@H](C)C[C@H](C)C3)ccnc2n2c1nc1cc(F)c(F)cc12.CNC(=O)c1cc2c(N3C[C@H](C)C[C@H](C)C3)ccnc2n2c1nc1ccccc12. The zero-order chi connectivity index (χ0) is 83.8. The number of likely N-dealkylation sites (N-methyl/N-ethyl adjacent to an activating group) is 1. The van der Waals surface area contributed by atoms with Crippen molar-refractivity contribution in [3.63, 3.8) is 0 Å². The summed E-state index contributed by atoms with van der Waals surface area (Å²) in [5, 5.41) is 21.7. The number of amides is 3. The van der Waals surface area contributed by atoms with Crippen molar-refractivity contribution in [1.29, 1.82) is 5.26 Å². The molecule has 4 saturated heterocycles. The van der Waals surface area contributed by atoms with Crippen molar-refractivity contribution in [1.82, 2.24) is 78.3 Å². The van der Waals surface area contributed by atoms with Crippen LogP contribution < -0.4 is 35.6 Å². The summed E-state index contributed by atoms with van der Waals surface area (Å²) in [5.74, 6) is -0.808. The fourth-order valence-electron chi connectivity index (χ4n) is 18.9. The van der Waals surface area contributed by atoms with Gasteiger partial charge in [-0.25, -0.2) is 57.4 Å². The maximum atomic E-state index is 14.1. The standard InChI is InChI=1S/C25H29N5O.C23H23F2N5O.C23H25N5O.C21H18F2N6/c1-5-26-25(31)19-12-18-22(29-13-15(2)10-16(3)14-29)11-17(4)27-23(18)30-21-9-7-6-8-20(21)28-24(19)30;1-12-6-13(2)11-29(10-12)19-4-5-27-21-14(19)7-15(23(31)26-3)22-28-18-8-16(24)17(25)9-20(18)30(21)22;1-14-10-15(2)13-27(12-14)19-8-9-25-21-16(19)11-17(23(29)24-3)22-26-18-6-4-5-7-20(18)28(21)22;1-27-5-2-6-28(8-7-27)18-3-4-25-21-14(18)9-13(12-24)20-26-17-10-15(22)16(23)11-19(17)29(20)21/h6-9,11-12,15-16H,5,10,13-14H2,1-4H3,(H,26,31);4-5,7-9,12-13H,6,10-11H2,1-3H3,(H,26,31);4-9,11,14-15H,10,12-13H2,1-3H3,(H,24,29);3-4,9-11H,2,5-8H2,1H3/t15-,16+;12-,13+;14-,15+;. The molecule has 3 N–H and O–H groups in total. The van der Waals surface area contributed by atoms with Gasteiger partial charge in [-0.15, -0.1) is 0 Å². The van der Waals surface area contributed by atoms with E-state index in [9.17, 15) is 37.2 Å². The van der Waals surface area contributed by atoms with Crippen LogP contribution in [-0.4, -0.2) is 173 Å². The zero-order valence-electron chi connectivity index (χ0n) is 69.1. The highest BCUT2D eigenvalue weighted by atomic mass is 19.2. The van der Waals surface area contributed by atoms with Gasteiger partial charge in [-0.3, -0.25) is 32.0 Å². The van der Waals surface area contributed by atoms with E-state index in [0.29, 0.717) is 109 Å². The number of carbonyl (C=O) groups excluding carboxylic acids is 3. The quantitative estimate of drug-likeness (QED) is 0.120. The second-order valence-corrected chi connectivity index (χ2v) is 33.4. The van der Waals surface area contributed by atoms with Crippen molar-refractivity contribution >= 4 is 151 Å². The van der Waals surface area contributed by atoms with Crippen LogP contribution in [0, 0.1) is 77.0 Å². The molecule has 4 aliphatic heterocycles. The summed E-state index contributed by atoms with van der Waals surface area (Å²) in [5.41, 5.74) is 16.8. The number of pyridine rings is 8. The van der Waals surface area contributed by atoms with Gasteiger partial charge in [0, 0.05) is 172 Å². The van der Waals surface area contributed by atoms with Gasteiger partial charge in [0.25, 0.3) is 17.7 Å². The minimum absolute atomic E-state index is 0.100. The first-order chi connectivity index (χ1) is 57.9. The Morgan fingerprint density at radius 3 is 1.26 bits per heavy atom. The Labute approximate surface area is 689 Å². The number of benzene rings is 4. The second-order valence-electron chi connectivity index (χ2n) is 33.4. The molecule has 4 aromatic carbocycles. The molecule has 24 nitrogen and oxygen atoms in total. The number of imidazole rings is 4. The first kappa shape index (κ1) is 79.6. The topological polar surface area (TPSA) is 248 Å². The number of aryl methyl sites for hydroxylation is 1. The van der Waals surface area contributed by atoms with E-state index in [1.807, 2.05) is 97.2 Å². The molecule has 28 heteroatoms. The Morgan fingerprint density at radius 2 is 0.800 bits per heavy atom. The predicted molar refractivity (Wildman–Crippen MR) is 466 cm³/mol. The van der Waals surface area contributed by atoms with Gasteiger partial charge in [0.1, 0.15) is 28.7 Å². The molecule has 3 amide bonds. The number of nitriles is 1. The van der Waals surface area contributed by atoms with Crippen LogP contribution >= 0.6 is 0 Å². The van der Waals surface area contributed by atoms with Gasteiger partial charge in [-0.05, 0) is 161 Å². The molecule has 0 unspecified atom stereocenters. The van der Waals surface area contributed by atoms with Gasteiger partial charge < -0.3 is 40.4 Å². The van der Waals surface area contributed by atoms with Crippen LogP contribution in [0.5, 0.6) is 0 Å². The number of anilines is 4. The minimum Gasteiger partial charge on any atom is -0.370 e. The van der Waals surface area contributed by atoms with E-state index in [-0.39, 0.29) is 28.8 Å². The summed E-state index contributed by atoms with van der Waals surface area (Å²) >= 11 is 0. The van der Waals surface area contributed by atoms with Gasteiger partial charge in [0.15, 0.2) is 45.9 Å². The molecule has 614 valence electrons. The molecule has 20 rings (SSSR count). The third-order valence-corrected chi connectivity index (χ3v) is 23.8. The van der Waals surface area contributed by atoms with Crippen LogP contribution in [0.4, 0.5) is 40.3 Å². The van der Waals surface area contributed by atoms with Crippen molar-refractivity contribution in [3.05, 3.63) is 191 Å². The number of para-hydroxylation sites is 4. The summed E-state index contributed by atoms with van der Waals surface area (Å²) in [7, 11) is 5.31. The van der Waals surface area contributed by atoms with Gasteiger partial charge in [0.2, 0.25) is 0 Å². The van der Waals surface area contributed by atoms with Crippen molar-refractivity contribution in [3.8, 4) is 6.07 Å². The van der Waals surface area contributed by atoms with E-state index < -0.39 is 23.3 Å². The van der Waals surface area contributed by atoms with Gasteiger partial charge in [-0.2, -0.15) is 5.26 Å². The number of fused-ring (bicyclic) bond motifs is 20. The molecule has 0 radical (unpaired) electrons. The van der Waals surface area contributed by atoms with Crippen LogP contribution in [0.3, 0.4) is 0 Å². The first-order valence-corrected chi connectivity index (χ1v) is 41.4. The Hall–Kier alpha value is -12.9. The van der Waals surface area contributed by atoms with Gasteiger partial charge in [-0.1, -0.05) is 65.8 Å². The van der Waals surface area contributed by atoms with Crippen LogP contribution in [0.25, 0.3) is 111 Å². The lowest BCUT2D eigenvalue weighted by molar-refractivity contribution is 0.0951. The molecule has 120 heavy (non-hydrogen) atoms. The van der Waals surface area contributed by atoms with Gasteiger partial charge in [0.05, 0.1) is 66.4 Å². The molecule has 12 aromatic heterocycles. The molecule has 4 fully saturated rings. The molecule has 6 atom stereocenters. The van der Waals surface area contributed by atoms with Crippen molar-refractivity contribution in [2.45, 2.75) is 81.1 Å². The number of carbonyl (C=O) groups is 3. The van der Waals surface area contributed by atoms with Crippen LogP contribution in [-0.2, 0) is 0 Å². The number of hydrogen-bond donors (Lipinski definition) is 3. The molecule has 0 saturated carbocycles. The minimum atomic E-state index is -0.980. The van der Waals surface area contributed by atoms with Crippen LogP contribution in [0.1, 0.15) is 116 Å². The normalized spacial score (nSPS) is 18.7. The molecule has 0 spiro atoms. The predicted octanol–water partition coefficient (Wildman–Crippen LogP) is 15.9. The number of piperidine rings is 3. The molecule has 16 aromatic rings. The van der Waals surface area contributed by atoms with Crippen molar-refractivity contribution in [2.75, 3.05) is 113 Å². The van der Waals surface area contributed by atoms with Crippen LogP contribution in [0.15, 0.2) is 140 Å². The summed E-state index contributed by atoms with van der Waals surface area (Å²) < 4.78 is 63.1. The van der Waals surface area contributed by atoms with E-state index in [2.05, 4.69) is 132 Å². The zero-order valence-corrected chi connectivity index (χ0v) is 69.1. The molecule has 16 heterocycles. The molecule has 0 aliphatic carbocycles. The number of hydrogen-bond acceptors (Lipinski definition) is 17. The maximum Gasteiger partial charge on any atom is 0.255 e. The highest BCUT2D eigenvalue weighted by Crippen LogP contribution is 2.41. The molecular formula is C92H95F4N21O3. The summed E-state index contributed by atoms with van der Waals surface area (Å²) in [4.78, 5) is 87.4. The van der Waals surface area contributed by atoms with E-state index in [1.165, 1.54) is 19.3 Å². The van der Waals surface area contributed by atoms with Gasteiger partial charge >= 0.3 is 0 Å². The largest absolute Gasteiger partial charge is 0.370 e. The fourth-order valence-corrected chi connectivity index (χ4v) is 18.9. The summed E-state index contributed by atoms with van der Waals surface area (Å²) in [6.07, 6.45) is 10.0. The average molecular weight is 1620 g/mol. The third kappa shape index (κ3) is 14.6. The smallest absolute Gasteiger partial charge is 0.255 e. The molecule has 0 bridgehead atoms. The average Bonchev–Trinajstić information content (AvgIpc) is 1.68. The highest BCUT2D eigenvalue weighted by Gasteiger charge is 2.32. The van der Waals surface area contributed by atoms with Crippen molar-refractivity contribution < 1.29 is 31.9 Å². The van der Waals surface area contributed by atoms with Crippen molar-refractivity contribution in [2.24, 2.45) is 35.5 Å². The van der Waals surface area contributed by atoms with E-state index >= 15 is 0 Å². The molecule has 4 aliphatic rings. The number of aromatic nitrogens is 12. The second kappa shape index (κ2) is 32.4. The number of halogens is 4. The van der Waals surface area contributed by atoms with E-state index in [4.69, 9.17) is 19.9 Å². The number of nitrogens with zero attached hydrogens (tertiary/aromatic N) is 18. The summed E-state index contributed by atoms with van der Waals surface area (Å²) in [6.45, 7) is 27.9. The van der Waals surface area contributed by atoms with E-state index in [0.717, 1.165) is 179 Å². The number of nitrogens with one attached hydrogen (secondary N) is 3. The Kier molecular flexibility index (Phi) is 21.5. The van der Waals surface area contributed by atoms with Crippen LogP contribution in [0.2, 0.25) is 0 Å². The lowest BCUT2D eigenvalue weighted by Crippen LogP contribution is -2.39. The maximum absolute atomic E-state index is 14.1. The number of rotatable bonds is 8. The lowest BCUT2D eigenvalue weighted by Gasteiger charge is -2.37. The lowest BCUT2D eigenvalue weighted by atomic mass is 9.91. The molecular weight excluding hydrogens is 1520 g/mol.